The van der Waals surface area contributed by atoms with Gasteiger partial charge in [0, 0.05) is 24.7 Å². The number of benzene rings is 2. The highest BCUT2D eigenvalue weighted by Gasteiger charge is 2.29. The van der Waals surface area contributed by atoms with E-state index in [0.717, 1.165) is 53.9 Å². The van der Waals surface area contributed by atoms with E-state index in [4.69, 9.17) is 9.47 Å². The number of nitrogens with one attached hydrogen (secondary N) is 1. The molecule has 0 spiro atoms. The van der Waals surface area contributed by atoms with Crippen molar-refractivity contribution in [1.82, 2.24) is 0 Å². The minimum Gasteiger partial charge on any atom is -0.493 e. The molecule has 0 aliphatic carbocycles. The lowest BCUT2D eigenvalue weighted by molar-refractivity contribution is -0.119. The van der Waals surface area contributed by atoms with Crippen LogP contribution in [0.3, 0.4) is 0 Å². The van der Waals surface area contributed by atoms with Crippen molar-refractivity contribution in [2.24, 2.45) is 0 Å². The van der Waals surface area contributed by atoms with Gasteiger partial charge in [-0.3, -0.25) is 9.59 Å². The van der Waals surface area contributed by atoms with Gasteiger partial charge >= 0.3 is 0 Å². The zero-order chi connectivity index (χ0) is 20.4. The molecule has 150 valence electrons. The molecule has 2 aromatic rings. The second kappa shape index (κ2) is 7.99. The third-order valence-electron chi connectivity index (χ3n) is 5.38. The quantitative estimate of drug-likeness (QED) is 0.790. The molecule has 6 heteroatoms. The molecule has 0 bridgehead atoms. The lowest BCUT2D eigenvalue weighted by atomic mass is 9.91. The molecule has 2 aromatic carbocycles. The van der Waals surface area contributed by atoms with Crippen LogP contribution in [-0.4, -0.2) is 32.6 Å². The van der Waals surface area contributed by atoms with Crippen molar-refractivity contribution in [3.63, 3.8) is 0 Å². The topological polar surface area (TPSA) is 67.9 Å². The first-order valence-electron chi connectivity index (χ1n) is 9.76. The van der Waals surface area contributed by atoms with Crippen LogP contribution in [0, 0.1) is 0 Å². The second-order valence-corrected chi connectivity index (χ2v) is 7.23. The summed E-state index contributed by atoms with van der Waals surface area (Å²) in [6.07, 6.45) is 6.38. The van der Waals surface area contributed by atoms with Crippen molar-refractivity contribution in [2.75, 3.05) is 31.0 Å². The Hall–Kier alpha value is -3.28. The fraction of sp³-hybridized carbons (Fsp3) is 0.304. The third kappa shape index (κ3) is 3.83. The number of carbonyl (C=O) groups excluding carboxylic acids is 2. The Balaban J connectivity index is 1.51. The van der Waals surface area contributed by atoms with Gasteiger partial charge in [0.2, 0.25) is 11.8 Å². The maximum absolute atomic E-state index is 12.4. The summed E-state index contributed by atoms with van der Waals surface area (Å²) in [5.74, 6) is 1.26. The fourth-order valence-corrected chi connectivity index (χ4v) is 4.04. The summed E-state index contributed by atoms with van der Waals surface area (Å²) >= 11 is 0. The molecule has 4 rings (SSSR count). The van der Waals surface area contributed by atoms with Gasteiger partial charge in [0.25, 0.3) is 0 Å². The highest BCUT2D eigenvalue weighted by Crippen LogP contribution is 2.37. The Labute approximate surface area is 170 Å². The molecular weight excluding hydrogens is 368 g/mol. The van der Waals surface area contributed by atoms with Gasteiger partial charge in [-0.2, -0.15) is 0 Å². The number of nitrogens with zero attached hydrogens (tertiary/aromatic N) is 1. The smallest absolute Gasteiger partial charge is 0.248 e. The molecular formula is C23H24N2O4. The van der Waals surface area contributed by atoms with Crippen molar-refractivity contribution < 1.29 is 19.1 Å². The van der Waals surface area contributed by atoms with Crippen LogP contribution in [0.1, 0.15) is 29.5 Å². The van der Waals surface area contributed by atoms with Gasteiger partial charge in [0.15, 0.2) is 11.5 Å². The predicted molar refractivity (Wildman–Crippen MR) is 113 cm³/mol. The van der Waals surface area contributed by atoms with E-state index in [2.05, 4.69) is 5.32 Å². The summed E-state index contributed by atoms with van der Waals surface area (Å²) in [5.41, 5.74) is 4.96. The molecule has 2 aliphatic rings. The fourth-order valence-electron chi connectivity index (χ4n) is 4.04. The highest BCUT2D eigenvalue weighted by molar-refractivity contribution is 6.03. The number of rotatable bonds is 5. The summed E-state index contributed by atoms with van der Waals surface area (Å²) in [6.45, 7) is 0.790. The molecule has 0 atom stereocenters. The Morgan fingerprint density at radius 1 is 1.03 bits per heavy atom. The van der Waals surface area contributed by atoms with Gasteiger partial charge in [-0.1, -0.05) is 6.07 Å². The van der Waals surface area contributed by atoms with Crippen molar-refractivity contribution in [3.8, 4) is 11.5 Å². The molecule has 1 N–H and O–H groups in total. The van der Waals surface area contributed by atoms with Crippen LogP contribution >= 0.6 is 0 Å². The third-order valence-corrected chi connectivity index (χ3v) is 5.38. The van der Waals surface area contributed by atoms with Crippen LogP contribution < -0.4 is 19.7 Å². The van der Waals surface area contributed by atoms with E-state index in [1.165, 1.54) is 6.08 Å². The average molecular weight is 392 g/mol. The van der Waals surface area contributed by atoms with Crippen molar-refractivity contribution in [1.29, 1.82) is 0 Å². The molecule has 2 aliphatic heterocycles. The monoisotopic (exact) mass is 392 g/mol. The van der Waals surface area contributed by atoms with Crippen LogP contribution in [-0.2, 0) is 22.4 Å². The van der Waals surface area contributed by atoms with Gasteiger partial charge in [0.05, 0.1) is 19.9 Å². The number of ether oxygens (including phenoxy) is 2. The second-order valence-electron chi connectivity index (χ2n) is 7.23. The van der Waals surface area contributed by atoms with Gasteiger partial charge in [-0.05, 0) is 66.3 Å². The summed E-state index contributed by atoms with van der Waals surface area (Å²) in [5, 5.41) is 2.95. The molecule has 2 amide bonds. The number of hydrogen-bond donors (Lipinski definition) is 1. The molecule has 0 fully saturated rings. The standard InChI is InChI=1S/C23H24N2O4/c1-28-19-8-5-15(12-20(19)29-2)6-9-21(26)24-18-13-16-4-3-11-25-22(27)10-7-17(14-18)23(16)25/h5-6,8-9,12-14H,3-4,7,10-11H2,1-2H3,(H,24,26)/b9-6+. The normalized spacial score (nSPS) is 15.2. The van der Waals surface area contributed by atoms with E-state index in [-0.39, 0.29) is 11.8 Å². The minimum absolute atomic E-state index is 0.202. The summed E-state index contributed by atoms with van der Waals surface area (Å²) in [7, 11) is 3.16. The van der Waals surface area contributed by atoms with E-state index in [0.29, 0.717) is 17.9 Å². The molecule has 2 heterocycles. The highest BCUT2D eigenvalue weighted by atomic mass is 16.5. The first kappa shape index (κ1) is 19.1. The van der Waals surface area contributed by atoms with Crippen LogP contribution in [0.4, 0.5) is 11.4 Å². The zero-order valence-corrected chi connectivity index (χ0v) is 16.7. The number of aryl methyl sites for hydroxylation is 2. The molecule has 0 unspecified atom stereocenters. The number of amides is 2. The number of hydrogen-bond acceptors (Lipinski definition) is 4. The zero-order valence-electron chi connectivity index (χ0n) is 16.7. The van der Waals surface area contributed by atoms with Crippen LogP contribution in [0.5, 0.6) is 11.5 Å². The van der Waals surface area contributed by atoms with Crippen LogP contribution in [0.25, 0.3) is 6.08 Å². The van der Waals surface area contributed by atoms with Gasteiger partial charge < -0.3 is 19.7 Å². The van der Waals surface area contributed by atoms with Crippen molar-refractivity contribution in [3.05, 3.63) is 53.1 Å². The molecule has 0 radical (unpaired) electrons. The van der Waals surface area contributed by atoms with E-state index < -0.39 is 0 Å². The van der Waals surface area contributed by atoms with Gasteiger partial charge in [-0.15, -0.1) is 0 Å². The lowest BCUT2D eigenvalue weighted by Crippen LogP contribution is -2.39. The largest absolute Gasteiger partial charge is 0.493 e. The average Bonchev–Trinajstić information content (AvgIpc) is 2.74. The number of methoxy groups -OCH3 is 2. The molecule has 0 saturated heterocycles. The molecule has 0 saturated carbocycles. The Morgan fingerprint density at radius 2 is 1.79 bits per heavy atom. The number of anilines is 2. The Morgan fingerprint density at radius 3 is 2.55 bits per heavy atom. The minimum atomic E-state index is -0.202. The van der Waals surface area contributed by atoms with Gasteiger partial charge in [0.1, 0.15) is 0 Å². The maximum Gasteiger partial charge on any atom is 0.248 e. The van der Waals surface area contributed by atoms with E-state index in [9.17, 15) is 9.59 Å². The van der Waals surface area contributed by atoms with Crippen molar-refractivity contribution >= 4 is 29.3 Å². The summed E-state index contributed by atoms with van der Waals surface area (Å²) in [4.78, 5) is 26.5. The first-order valence-corrected chi connectivity index (χ1v) is 9.76. The predicted octanol–water partition coefficient (Wildman–Crippen LogP) is 3.58. The summed E-state index contributed by atoms with van der Waals surface area (Å²) < 4.78 is 10.5. The molecule has 0 aromatic heterocycles. The lowest BCUT2D eigenvalue weighted by Gasteiger charge is -2.35. The van der Waals surface area contributed by atoms with Gasteiger partial charge in [-0.25, -0.2) is 0 Å². The first-order chi connectivity index (χ1) is 14.1. The van der Waals surface area contributed by atoms with Crippen LogP contribution in [0.2, 0.25) is 0 Å². The maximum atomic E-state index is 12.4. The molecule has 29 heavy (non-hydrogen) atoms. The van der Waals surface area contributed by atoms with Crippen LogP contribution in [0.15, 0.2) is 36.4 Å². The number of carbonyl (C=O) groups is 2. The summed E-state index contributed by atoms with van der Waals surface area (Å²) in [6, 6.07) is 9.46. The van der Waals surface area contributed by atoms with E-state index in [1.807, 2.05) is 29.2 Å². The SMILES string of the molecule is COc1ccc(/C=C/C(=O)Nc2cc3c4c(c2)CCC(=O)N4CCC3)cc1OC. The Kier molecular flexibility index (Phi) is 5.25. The Bertz CT molecular complexity index is 979. The van der Waals surface area contributed by atoms with Crippen molar-refractivity contribution in [2.45, 2.75) is 25.7 Å². The molecule has 6 nitrogen and oxygen atoms in total. The van der Waals surface area contributed by atoms with E-state index in [1.54, 1.807) is 26.4 Å². The van der Waals surface area contributed by atoms with E-state index >= 15 is 0 Å².